The minimum atomic E-state index is 0.403. The van der Waals surface area contributed by atoms with Gasteiger partial charge in [-0.05, 0) is 25.0 Å². The van der Waals surface area contributed by atoms with Crippen LogP contribution in [0.1, 0.15) is 31.2 Å². The number of ether oxygens (including phenoxy) is 1. The van der Waals surface area contributed by atoms with Gasteiger partial charge in [-0.2, -0.15) is 0 Å². The fraction of sp³-hybridized carbons (Fsp3) is 0.500. The molecular formula is C12H16ClNO. The SMILES string of the molecule is Nc1cccc(Cl)c1COC1CCCC1. The van der Waals surface area contributed by atoms with Crippen LogP contribution < -0.4 is 5.73 Å². The van der Waals surface area contributed by atoms with E-state index in [4.69, 9.17) is 22.1 Å². The number of anilines is 1. The third-order valence-electron chi connectivity index (χ3n) is 2.92. The Hall–Kier alpha value is -0.730. The molecule has 1 saturated carbocycles. The summed E-state index contributed by atoms with van der Waals surface area (Å²) in [6.07, 6.45) is 5.31. The van der Waals surface area contributed by atoms with Crippen LogP contribution in [0.25, 0.3) is 0 Å². The van der Waals surface area contributed by atoms with Gasteiger partial charge in [-0.3, -0.25) is 0 Å². The third-order valence-corrected chi connectivity index (χ3v) is 3.27. The Morgan fingerprint density at radius 1 is 1.33 bits per heavy atom. The number of benzene rings is 1. The number of nitrogens with two attached hydrogens (primary N) is 1. The van der Waals surface area contributed by atoms with Crippen molar-refractivity contribution in [1.82, 2.24) is 0 Å². The van der Waals surface area contributed by atoms with Crippen molar-refractivity contribution in [2.45, 2.75) is 38.4 Å². The Kier molecular flexibility index (Phi) is 3.49. The van der Waals surface area contributed by atoms with Crippen LogP contribution in [0.3, 0.4) is 0 Å². The molecule has 2 rings (SSSR count). The van der Waals surface area contributed by atoms with Crippen LogP contribution in [-0.4, -0.2) is 6.10 Å². The van der Waals surface area contributed by atoms with Gasteiger partial charge in [0, 0.05) is 16.3 Å². The Balaban J connectivity index is 1.97. The van der Waals surface area contributed by atoms with E-state index in [9.17, 15) is 0 Å². The van der Waals surface area contributed by atoms with Gasteiger partial charge in [0.15, 0.2) is 0 Å². The second kappa shape index (κ2) is 4.86. The Bertz CT molecular complexity index is 314. The molecular weight excluding hydrogens is 210 g/mol. The summed E-state index contributed by atoms with van der Waals surface area (Å²) < 4.78 is 5.79. The summed E-state index contributed by atoms with van der Waals surface area (Å²) in [6, 6.07) is 5.57. The summed E-state index contributed by atoms with van der Waals surface area (Å²) in [5, 5.41) is 0.702. The first-order valence-corrected chi connectivity index (χ1v) is 5.79. The van der Waals surface area contributed by atoms with Crippen molar-refractivity contribution in [3.63, 3.8) is 0 Å². The normalized spacial score (nSPS) is 17.1. The molecule has 0 heterocycles. The number of nitrogen functional groups attached to an aromatic ring is 1. The Morgan fingerprint density at radius 2 is 2.07 bits per heavy atom. The molecule has 15 heavy (non-hydrogen) atoms. The van der Waals surface area contributed by atoms with Gasteiger partial charge in [0.05, 0.1) is 12.7 Å². The van der Waals surface area contributed by atoms with Crippen molar-refractivity contribution in [3.8, 4) is 0 Å². The van der Waals surface area contributed by atoms with E-state index in [0.29, 0.717) is 17.7 Å². The number of rotatable bonds is 3. The van der Waals surface area contributed by atoms with E-state index in [1.54, 1.807) is 0 Å². The monoisotopic (exact) mass is 225 g/mol. The third kappa shape index (κ3) is 2.64. The molecule has 0 atom stereocenters. The van der Waals surface area contributed by atoms with Crippen molar-refractivity contribution in [1.29, 1.82) is 0 Å². The summed E-state index contributed by atoms with van der Waals surface area (Å²) >= 11 is 6.05. The molecule has 1 fully saturated rings. The van der Waals surface area contributed by atoms with Gasteiger partial charge in [-0.25, -0.2) is 0 Å². The molecule has 1 aromatic rings. The summed E-state index contributed by atoms with van der Waals surface area (Å²) in [4.78, 5) is 0. The zero-order valence-electron chi connectivity index (χ0n) is 8.71. The topological polar surface area (TPSA) is 35.2 Å². The largest absolute Gasteiger partial charge is 0.398 e. The molecule has 0 aliphatic heterocycles. The van der Waals surface area contributed by atoms with Crippen LogP contribution >= 0.6 is 11.6 Å². The molecule has 0 saturated heterocycles. The highest BCUT2D eigenvalue weighted by Crippen LogP contribution is 2.26. The highest BCUT2D eigenvalue weighted by molar-refractivity contribution is 6.31. The van der Waals surface area contributed by atoms with E-state index in [2.05, 4.69) is 0 Å². The number of hydrogen-bond acceptors (Lipinski definition) is 2. The molecule has 0 aromatic heterocycles. The fourth-order valence-corrected chi connectivity index (χ4v) is 2.22. The first kappa shape index (κ1) is 10.8. The van der Waals surface area contributed by atoms with Crippen LogP contribution in [0.5, 0.6) is 0 Å². The molecule has 3 heteroatoms. The van der Waals surface area contributed by atoms with Crippen LogP contribution in [0.15, 0.2) is 18.2 Å². The lowest BCUT2D eigenvalue weighted by Crippen LogP contribution is -2.08. The second-order valence-corrected chi connectivity index (χ2v) is 4.43. The first-order valence-electron chi connectivity index (χ1n) is 5.42. The maximum absolute atomic E-state index is 6.05. The summed E-state index contributed by atoms with van der Waals surface area (Å²) in [5.74, 6) is 0. The molecule has 1 aliphatic carbocycles. The average Bonchev–Trinajstić information content (AvgIpc) is 2.70. The van der Waals surface area contributed by atoms with E-state index in [1.807, 2.05) is 18.2 Å². The van der Waals surface area contributed by atoms with Gasteiger partial charge in [0.1, 0.15) is 0 Å². The van der Waals surface area contributed by atoms with Gasteiger partial charge in [-0.15, -0.1) is 0 Å². The molecule has 2 N–H and O–H groups in total. The van der Waals surface area contributed by atoms with Crippen LogP contribution in [0, 0.1) is 0 Å². The zero-order chi connectivity index (χ0) is 10.7. The molecule has 1 aliphatic rings. The quantitative estimate of drug-likeness (QED) is 0.801. The van der Waals surface area contributed by atoms with Gasteiger partial charge in [0.25, 0.3) is 0 Å². The standard InChI is InChI=1S/C12H16ClNO/c13-11-6-3-7-12(14)10(11)8-15-9-4-1-2-5-9/h3,6-7,9H,1-2,4-5,8,14H2. The van der Waals surface area contributed by atoms with Gasteiger partial charge >= 0.3 is 0 Å². The minimum absolute atomic E-state index is 0.403. The lowest BCUT2D eigenvalue weighted by molar-refractivity contribution is 0.0460. The maximum atomic E-state index is 6.05. The fourth-order valence-electron chi connectivity index (χ4n) is 1.98. The number of halogens is 1. The molecule has 0 unspecified atom stereocenters. The lowest BCUT2D eigenvalue weighted by Gasteiger charge is -2.13. The van der Waals surface area contributed by atoms with E-state index in [0.717, 1.165) is 11.3 Å². The highest BCUT2D eigenvalue weighted by Gasteiger charge is 2.16. The molecule has 0 bridgehead atoms. The van der Waals surface area contributed by atoms with Crippen LogP contribution in [0.2, 0.25) is 5.02 Å². The summed E-state index contributed by atoms with van der Waals surface area (Å²) in [7, 11) is 0. The molecule has 0 spiro atoms. The van der Waals surface area contributed by atoms with E-state index in [1.165, 1.54) is 25.7 Å². The molecule has 82 valence electrons. The minimum Gasteiger partial charge on any atom is -0.398 e. The first-order chi connectivity index (χ1) is 7.27. The predicted octanol–water partition coefficient (Wildman–Crippen LogP) is 3.38. The van der Waals surface area contributed by atoms with Crippen LogP contribution in [-0.2, 0) is 11.3 Å². The van der Waals surface area contributed by atoms with E-state index in [-0.39, 0.29) is 0 Å². The van der Waals surface area contributed by atoms with Crippen molar-refractivity contribution >= 4 is 17.3 Å². The lowest BCUT2D eigenvalue weighted by atomic mass is 10.2. The van der Waals surface area contributed by atoms with Crippen molar-refractivity contribution in [3.05, 3.63) is 28.8 Å². The number of hydrogen-bond donors (Lipinski definition) is 1. The Morgan fingerprint density at radius 3 is 2.73 bits per heavy atom. The molecule has 2 nitrogen and oxygen atoms in total. The van der Waals surface area contributed by atoms with Gasteiger partial charge in [-0.1, -0.05) is 30.5 Å². The van der Waals surface area contributed by atoms with Crippen molar-refractivity contribution < 1.29 is 4.74 Å². The molecule has 0 radical (unpaired) electrons. The summed E-state index contributed by atoms with van der Waals surface area (Å²) in [6.45, 7) is 0.538. The predicted molar refractivity (Wildman–Crippen MR) is 62.9 cm³/mol. The maximum Gasteiger partial charge on any atom is 0.0755 e. The van der Waals surface area contributed by atoms with Crippen LogP contribution in [0.4, 0.5) is 5.69 Å². The van der Waals surface area contributed by atoms with Crippen molar-refractivity contribution in [2.24, 2.45) is 0 Å². The van der Waals surface area contributed by atoms with E-state index < -0.39 is 0 Å². The zero-order valence-corrected chi connectivity index (χ0v) is 9.46. The Labute approximate surface area is 95.4 Å². The van der Waals surface area contributed by atoms with Crippen molar-refractivity contribution in [2.75, 3.05) is 5.73 Å². The van der Waals surface area contributed by atoms with Gasteiger partial charge in [0.2, 0.25) is 0 Å². The van der Waals surface area contributed by atoms with Gasteiger partial charge < -0.3 is 10.5 Å². The van der Waals surface area contributed by atoms with E-state index >= 15 is 0 Å². The molecule has 1 aromatic carbocycles. The highest BCUT2D eigenvalue weighted by atomic mass is 35.5. The second-order valence-electron chi connectivity index (χ2n) is 4.03. The smallest absolute Gasteiger partial charge is 0.0755 e. The average molecular weight is 226 g/mol. The molecule has 0 amide bonds. The summed E-state index contributed by atoms with van der Waals surface area (Å²) in [5.41, 5.74) is 7.49.